The number of rotatable bonds is 4. The predicted octanol–water partition coefficient (Wildman–Crippen LogP) is 1.37. The number of aryl methyl sites for hydroxylation is 1. The lowest BCUT2D eigenvalue weighted by Gasteiger charge is -2.15. The number of hydrogen-bond acceptors (Lipinski definition) is 4. The second kappa shape index (κ2) is 4.14. The average molecular weight is 239 g/mol. The van der Waals surface area contributed by atoms with E-state index in [4.69, 9.17) is 5.73 Å². The maximum atomic E-state index is 11.7. The summed E-state index contributed by atoms with van der Waals surface area (Å²) in [5, 5.41) is 6.02. The zero-order chi connectivity index (χ0) is 11.8. The molecular formula is C11H17N3OS. The molecular weight excluding hydrogens is 222 g/mol. The van der Waals surface area contributed by atoms with Crippen molar-refractivity contribution in [2.45, 2.75) is 44.7 Å². The molecule has 0 aliphatic heterocycles. The number of thiazole rings is 1. The number of nitrogens with one attached hydrogen (secondary N) is 1. The molecule has 1 aliphatic rings. The highest BCUT2D eigenvalue weighted by molar-refractivity contribution is 7.09. The van der Waals surface area contributed by atoms with Crippen LogP contribution in [-0.4, -0.2) is 16.4 Å². The summed E-state index contributed by atoms with van der Waals surface area (Å²) < 4.78 is 0. The van der Waals surface area contributed by atoms with Gasteiger partial charge in [0.2, 0.25) is 5.91 Å². The third-order valence-corrected chi connectivity index (χ3v) is 3.92. The largest absolute Gasteiger partial charge is 0.346 e. The van der Waals surface area contributed by atoms with Gasteiger partial charge in [0.1, 0.15) is 0 Å². The molecule has 1 atom stereocenters. The summed E-state index contributed by atoms with van der Waals surface area (Å²) in [6.07, 6.45) is 2.53. The van der Waals surface area contributed by atoms with E-state index in [0.29, 0.717) is 0 Å². The van der Waals surface area contributed by atoms with Gasteiger partial charge in [-0.05, 0) is 26.2 Å². The summed E-state index contributed by atoms with van der Waals surface area (Å²) in [6, 6.07) is -0.0509. The Bertz CT molecular complexity index is 398. The Labute approximate surface area is 99.3 Å². The Balaban J connectivity index is 1.97. The zero-order valence-electron chi connectivity index (χ0n) is 9.62. The van der Waals surface area contributed by atoms with Crippen LogP contribution in [0.4, 0.5) is 0 Å². The third-order valence-electron chi connectivity index (χ3n) is 2.90. The summed E-state index contributed by atoms with van der Waals surface area (Å²) >= 11 is 1.63. The molecule has 0 bridgehead atoms. The fourth-order valence-electron chi connectivity index (χ4n) is 1.46. The quantitative estimate of drug-likeness (QED) is 0.834. The third kappa shape index (κ3) is 2.25. The lowest BCUT2D eigenvalue weighted by atomic mass is 10.2. The van der Waals surface area contributed by atoms with Gasteiger partial charge in [0.15, 0.2) is 0 Å². The maximum Gasteiger partial charge on any atom is 0.240 e. The van der Waals surface area contributed by atoms with Gasteiger partial charge in [-0.25, -0.2) is 4.98 Å². The van der Waals surface area contributed by atoms with Gasteiger partial charge in [0, 0.05) is 5.38 Å². The van der Waals surface area contributed by atoms with Gasteiger partial charge in [-0.1, -0.05) is 6.92 Å². The second-order valence-corrected chi connectivity index (χ2v) is 5.31. The number of carbonyl (C=O) groups is 1. The molecule has 1 aliphatic carbocycles. The van der Waals surface area contributed by atoms with E-state index in [0.717, 1.165) is 30.0 Å². The molecule has 0 saturated heterocycles. The Kier molecular flexibility index (Phi) is 2.99. The first-order chi connectivity index (χ1) is 7.55. The molecule has 16 heavy (non-hydrogen) atoms. The van der Waals surface area contributed by atoms with Gasteiger partial charge in [-0.3, -0.25) is 4.79 Å². The molecule has 1 unspecified atom stereocenters. The van der Waals surface area contributed by atoms with Crippen molar-refractivity contribution in [3.05, 3.63) is 16.1 Å². The van der Waals surface area contributed by atoms with Crippen LogP contribution in [0.2, 0.25) is 0 Å². The summed E-state index contributed by atoms with van der Waals surface area (Å²) in [4.78, 5) is 16.2. The first-order valence-corrected chi connectivity index (χ1v) is 6.47. The summed E-state index contributed by atoms with van der Waals surface area (Å²) in [7, 11) is 0. The Morgan fingerprint density at radius 2 is 2.44 bits per heavy atom. The first kappa shape index (κ1) is 11.5. The summed E-state index contributed by atoms with van der Waals surface area (Å²) in [5.74, 6) is -0.0500. The monoisotopic (exact) mass is 239 g/mol. The standard InChI is InChI=1S/C11H17N3OS/c1-3-9-14-8(6-16-9)7(2)13-10(15)11(12)4-5-11/h6-7H,3-5,12H2,1-2H3,(H,13,15). The zero-order valence-corrected chi connectivity index (χ0v) is 10.4. The molecule has 3 N–H and O–H groups in total. The van der Waals surface area contributed by atoms with Crippen molar-refractivity contribution in [2.24, 2.45) is 5.73 Å². The molecule has 0 aromatic carbocycles. The van der Waals surface area contributed by atoms with E-state index in [-0.39, 0.29) is 11.9 Å². The van der Waals surface area contributed by atoms with Gasteiger partial charge in [-0.2, -0.15) is 0 Å². The molecule has 1 saturated carbocycles. The minimum Gasteiger partial charge on any atom is -0.346 e. The van der Waals surface area contributed by atoms with Gasteiger partial charge < -0.3 is 11.1 Å². The van der Waals surface area contributed by atoms with Crippen molar-refractivity contribution in [3.63, 3.8) is 0 Å². The number of aromatic nitrogens is 1. The van der Waals surface area contributed by atoms with E-state index in [1.54, 1.807) is 11.3 Å². The molecule has 5 heteroatoms. The van der Waals surface area contributed by atoms with Gasteiger partial charge in [-0.15, -0.1) is 11.3 Å². The normalized spacial score (nSPS) is 19.2. The fourth-order valence-corrected chi connectivity index (χ4v) is 2.30. The molecule has 1 aromatic heterocycles. The Hall–Kier alpha value is -0.940. The van der Waals surface area contributed by atoms with Crippen molar-refractivity contribution < 1.29 is 4.79 Å². The molecule has 0 spiro atoms. The van der Waals surface area contributed by atoms with Crippen LogP contribution in [0.15, 0.2) is 5.38 Å². The maximum absolute atomic E-state index is 11.7. The van der Waals surface area contributed by atoms with E-state index < -0.39 is 5.54 Å². The summed E-state index contributed by atoms with van der Waals surface area (Å²) in [5.41, 5.74) is 6.15. The van der Waals surface area contributed by atoms with Gasteiger partial charge in [0.25, 0.3) is 0 Å². The molecule has 1 aromatic rings. The Morgan fingerprint density at radius 3 is 2.94 bits per heavy atom. The molecule has 1 heterocycles. The second-order valence-electron chi connectivity index (χ2n) is 4.37. The molecule has 1 fully saturated rings. The van der Waals surface area contributed by atoms with Crippen LogP contribution in [-0.2, 0) is 11.2 Å². The number of nitrogens with two attached hydrogens (primary N) is 1. The lowest BCUT2D eigenvalue weighted by molar-refractivity contribution is -0.123. The van der Waals surface area contributed by atoms with Gasteiger partial charge in [0.05, 0.1) is 22.3 Å². The summed E-state index contributed by atoms with van der Waals surface area (Å²) in [6.45, 7) is 4.02. The van der Waals surface area contributed by atoms with Crippen LogP contribution in [0.5, 0.6) is 0 Å². The number of carbonyl (C=O) groups excluding carboxylic acids is 1. The average Bonchev–Trinajstić information content (AvgIpc) is 2.84. The highest BCUT2D eigenvalue weighted by atomic mass is 32.1. The molecule has 88 valence electrons. The molecule has 1 amide bonds. The van der Waals surface area contributed by atoms with E-state index in [2.05, 4.69) is 17.2 Å². The minimum atomic E-state index is -0.599. The smallest absolute Gasteiger partial charge is 0.240 e. The van der Waals surface area contributed by atoms with Gasteiger partial charge >= 0.3 is 0 Å². The van der Waals surface area contributed by atoms with E-state index in [1.165, 1.54) is 0 Å². The number of nitrogens with zero attached hydrogens (tertiary/aromatic N) is 1. The SMILES string of the molecule is CCc1nc(C(C)NC(=O)C2(N)CC2)cs1. The van der Waals surface area contributed by atoms with Crippen molar-refractivity contribution >= 4 is 17.2 Å². The fraction of sp³-hybridized carbons (Fsp3) is 0.636. The topological polar surface area (TPSA) is 68.0 Å². The first-order valence-electron chi connectivity index (χ1n) is 5.59. The molecule has 0 radical (unpaired) electrons. The van der Waals surface area contributed by atoms with Crippen molar-refractivity contribution in [1.29, 1.82) is 0 Å². The van der Waals surface area contributed by atoms with Crippen LogP contribution in [0, 0.1) is 0 Å². The van der Waals surface area contributed by atoms with Crippen molar-refractivity contribution in [3.8, 4) is 0 Å². The number of hydrogen-bond donors (Lipinski definition) is 2. The lowest BCUT2D eigenvalue weighted by Crippen LogP contribution is -2.43. The molecule has 4 nitrogen and oxygen atoms in total. The van der Waals surface area contributed by atoms with Crippen LogP contribution in [0.3, 0.4) is 0 Å². The Morgan fingerprint density at radius 1 is 1.75 bits per heavy atom. The van der Waals surface area contributed by atoms with Crippen molar-refractivity contribution in [2.75, 3.05) is 0 Å². The van der Waals surface area contributed by atoms with E-state index >= 15 is 0 Å². The van der Waals surface area contributed by atoms with Crippen molar-refractivity contribution in [1.82, 2.24) is 10.3 Å². The van der Waals surface area contributed by atoms with Crippen LogP contribution in [0.1, 0.15) is 43.4 Å². The van der Waals surface area contributed by atoms with Crippen LogP contribution >= 0.6 is 11.3 Å². The van der Waals surface area contributed by atoms with Crippen LogP contribution < -0.4 is 11.1 Å². The highest BCUT2D eigenvalue weighted by Gasteiger charge is 2.46. The minimum absolute atomic E-state index is 0.0500. The van der Waals surface area contributed by atoms with E-state index in [1.807, 2.05) is 12.3 Å². The highest BCUT2D eigenvalue weighted by Crippen LogP contribution is 2.33. The van der Waals surface area contributed by atoms with E-state index in [9.17, 15) is 4.79 Å². The molecule has 2 rings (SSSR count). The van der Waals surface area contributed by atoms with Crippen LogP contribution in [0.25, 0.3) is 0 Å². The predicted molar refractivity (Wildman–Crippen MR) is 64.2 cm³/mol. The number of amides is 1.